The summed E-state index contributed by atoms with van der Waals surface area (Å²) < 4.78 is 16.5. The van der Waals surface area contributed by atoms with E-state index in [9.17, 15) is 9.59 Å². The maximum atomic E-state index is 13.5. The summed E-state index contributed by atoms with van der Waals surface area (Å²) in [5, 5.41) is 6.85. The Bertz CT molecular complexity index is 1230. The summed E-state index contributed by atoms with van der Waals surface area (Å²) in [5.74, 6) is 0.531. The Hall–Kier alpha value is -2.29. The molecule has 0 saturated carbocycles. The van der Waals surface area contributed by atoms with Crippen molar-refractivity contribution in [1.29, 1.82) is 0 Å². The Balaban J connectivity index is 2.09. The van der Waals surface area contributed by atoms with Gasteiger partial charge in [0, 0.05) is 42.1 Å². The number of ether oxygens (including phenoxy) is 2. The molecule has 1 N–H and O–H groups in total. The van der Waals surface area contributed by atoms with Gasteiger partial charge in [0.05, 0.1) is 11.8 Å². The van der Waals surface area contributed by atoms with E-state index in [1.165, 1.54) is 9.13 Å². The quantitative estimate of drug-likeness (QED) is 0.271. The van der Waals surface area contributed by atoms with Crippen molar-refractivity contribution in [3.8, 4) is 11.4 Å². The number of aromatic amines is 1. The maximum absolute atomic E-state index is 13.5. The first-order chi connectivity index (χ1) is 16.4. The minimum Gasteiger partial charge on any atom is -0.361 e. The van der Waals surface area contributed by atoms with Crippen LogP contribution in [0.5, 0.6) is 0 Å². The Morgan fingerprint density at radius 1 is 0.914 bits per heavy atom. The van der Waals surface area contributed by atoms with E-state index in [1.54, 1.807) is 17.0 Å². The lowest BCUT2D eigenvalue weighted by atomic mass is 10.3. The smallest absolute Gasteiger partial charge is 0.334 e. The van der Waals surface area contributed by atoms with Gasteiger partial charge in [-0.25, -0.2) is 9.78 Å². The molecule has 3 rings (SSSR count). The van der Waals surface area contributed by atoms with E-state index in [0.717, 1.165) is 17.7 Å². The molecule has 0 saturated heterocycles. The van der Waals surface area contributed by atoms with Gasteiger partial charge in [-0.3, -0.25) is 23.6 Å². The molecule has 35 heavy (non-hydrogen) atoms. The molecule has 0 spiro atoms. The molecule has 0 bridgehead atoms. The van der Waals surface area contributed by atoms with Crippen LogP contribution in [0.25, 0.3) is 22.6 Å². The van der Waals surface area contributed by atoms with Gasteiger partial charge in [0.15, 0.2) is 11.2 Å². The van der Waals surface area contributed by atoms with Crippen LogP contribution in [0.15, 0.2) is 22.0 Å². The predicted molar refractivity (Wildman–Crippen MR) is 144 cm³/mol. The number of H-pyrrole nitrogens is 1. The molecule has 3 aromatic rings. The Labute approximate surface area is 208 Å². The molecule has 0 unspecified atom stereocenters. The molecular formula is C23H40N6O4Si2. The van der Waals surface area contributed by atoms with Crippen LogP contribution in [0.4, 0.5) is 0 Å². The molecule has 10 nitrogen and oxygen atoms in total. The van der Waals surface area contributed by atoms with Crippen LogP contribution in [0.2, 0.25) is 51.4 Å². The Kier molecular flexibility index (Phi) is 8.73. The van der Waals surface area contributed by atoms with Crippen LogP contribution in [0.3, 0.4) is 0 Å². The van der Waals surface area contributed by atoms with Gasteiger partial charge >= 0.3 is 5.69 Å². The Morgan fingerprint density at radius 3 is 2.03 bits per heavy atom. The topological polar surface area (TPSA) is 109 Å². The highest BCUT2D eigenvalue weighted by atomic mass is 28.3. The number of rotatable bonds is 13. The van der Waals surface area contributed by atoms with Crippen LogP contribution >= 0.6 is 0 Å². The molecule has 0 fully saturated rings. The maximum Gasteiger partial charge on any atom is 0.334 e. The molecule has 194 valence electrons. The molecule has 0 atom stereocenters. The highest BCUT2D eigenvalue weighted by Crippen LogP contribution is 2.22. The number of hydrogen-bond donors (Lipinski definition) is 1. The van der Waals surface area contributed by atoms with E-state index >= 15 is 0 Å². The number of nitrogens with zero attached hydrogens (tertiary/aromatic N) is 5. The van der Waals surface area contributed by atoms with E-state index in [2.05, 4.69) is 49.5 Å². The summed E-state index contributed by atoms with van der Waals surface area (Å²) in [5.41, 5.74) is 0.609. The van der Waals surface area contributed by atoms with Gasteiger partial charge in [-0.2, -0.15) is 5.10 Å². The van der Waals surface area contributed by atoms with Crippen molar-refractivity contribution in [2.75, 3.05) is 13.2 Å². The van der Waals surface area contributed by atoms with Gasteiger partial charge < -0.3 is 9.47 Å². The summed E-state index contributed by atoms with van der Waals surface area (Å²) in [6.45, 7) is 17.4. The number of fused-ring (bicyclic) bond motifs is 1. The highest BCUT2D eigenvalue weighted by molar-refractivity contribution is 6.76. The fourth-order valence-electron chi connectivity index (χ4n) is 3.62. The highest BCUT2D eigenvalue weighted by Gasteiger charge is 2.23. The minimum atomic E-state index is -1.28. The second kappa shape index (κ2) is 11.2. The fraction of sp³-hybridized carbons (Fsp3) is 0.652. The summed E-state index contributed by atoms with van der Waals surface area (Å²) in [6, 6.07) is 2.00. The van der Waals surface area contributed by atoms with Crippen molar-refractivity contribution in [3.05, 3.63) is 33.2 Å². The van der Waals surface area contributed by atoms with Crippen molar-refractivity contribution in [3.63, 3.8) is 0 Å². The number of aromatic nitrogens is 6. The first kappa shape index (κ1) is 27.3. The zero-order valence-corrected chi connectivity index (χ0v) is 24.2. The third-order valence-electron chi connectivity index (χ3n) is 5.75. The number of nitrogens with one attached hydrogen (secondary N) is 1. The van der Waals surface area contributed by atoms with Crippen molar-refractivity contribution < 1.29 is 9.47 Å². The summed E-state index contributed by atoms with van der Waals surface area (Å²) in [7, 11) is -2.55. The van der Waals surface area contributed by atoms with Crippen molar-refractivity contribution in [2.24, 2.45) is 0 Å². The van der Waals surface area contributed by atoms with Gasteiger partial charge in [-0.1, -0.05) is 46.2 Å². The molecule has 3 aromatic heterocycles. The standard InChI is InChI=1S/C23H40N6O4Si2/c1-8-9-27-22(30)19-21(29(23(27)31)17-33-11-13-35(5,6)7)26-20(18-14-24-25-15-18)28(19)16-32-10-12-34(2,3)4/h14-15H,8-13,16-17H2,1-7H3,(H,24,25). The largest absolute Gasteiger partial charge is 0.361 e. The first-order valence-electron chi connectivity index (χ1n) is 12.3. The van der Waals surface area contributed by atoms with Gasteiger partial charge in [0.2, 0.25) is 0 Å². The van der Waals surface area contributed by atoms with Gasteiger partial charge in [-0.15, -0.1) is 0 Å². The van der Waals surface area contributed by atoms with Crippen LogP contribution in [0, 0.1) is 0 Å². The lowest BCUT2D eigenvalue weighted by molar-refractivity contribution is 0.0848. The van der Waals surface area contributed by atoms with Crippen molar-refractivity contribution in [1.82, 2.24) is 28.9 Å². The Morgan fingerprint density at radius 2 is 1.51 bits per heavy atom. The van der Waals surface area contributed by atoms with E-state index in [4.69, 9.17) is 14.5 Å². The third kappa shape index (κ3) is 6.90. The van der Waals surface area contributed by atoms with Gasteiger partial charge in [0.25, 0.3) is 5.56 Å². The molecule has 0 amide bonds. The molecule has 0 aliphatic rings. The average molecular weight is 521 g/mol. The summed E-state index contributed by atoms with van der Waals surface area (Å²) >= 11 is 0. The minimum absolute atomic E-state index is 0.0438. The van der Waals surface area contributed by atoms with Crippen LogP contribution in [0.1, 0.15) is 13.3 Å². The third-order valence-corrected chi connectivity index (χ3v) is 9.16. The lowest BCUT2D eigenvalue weighted by Gasteiger charge is -2.17. The van der Waals surface area contributed by atoms with Crippen LogP contribution in [-0.2, 0) is 29.5 Å². The SMILES string of the molecule is CCCn1c(=O)c2c(nc(-c3cn[nH]c3)n2COCC[Si](C)(C)C)n(COCC[Si](C)(C)C)c1=O. The second-order valence-corrected chi connectivity index (χ2v) is 22.6. The zero-order chi connectivity index (χ0) is 25.8. The molecule has 0 aliphatic heterocycles. The summed E-state index contributed by atoms with van der Waals surface area (Å²) in [6.07, 6.45) is 4.03. The zero-order valence-electron chi connectivity index (χ0n) is 22.2. The normalized spacial score (nSPS) is 12.7. The lowest BCUT2D eigenvalue weighted by Crippen LogP contribution is -2.41. The van der Waals surface area contributed by atoms with E-state index in [0.29, 0.717) is 43.2 Å². The molecular weight excluding hydrogens is 480 g/mol. The molecule has 3 heterocycles. The number of hydrogen-bond acceptors (Lipinski definition) is 6. The molecule has 0 aliphatic carbocycles. The monoisotopic (exact) mass is 520 g/mol. The molecule has 0 aromatic carbocycles. The fourth-order valence-corrected chi connectivity index (χ4v) is 5.13. The molecule has 12 heteroatoms. The predicted octanol–water partition coefficient (Wildman–Crippen LogP) is 3.78. The summed E-state index contributed by atoms with van der Waals surface area (Å²) in [4.78, 5) is 31.6. The van der Waals surface area contributed by atoms with Gasteiger partial charge in [-0.05, 0) is 18.5 Å². The van der Waals surface area contributed by atoms with E-state index in [1.807, 2.05) is 6.92 Å². The first-order valence-corrected chi connectivity index (χ1v) is 19.7. The van der Waals surface area contributed by atoms with Crippen molar-refractivity contribution in [2.45, 2.75) is 84.7 Å². The number of imidazole rings is 1. The van der Waals surface area contributed by atoms with Crippen LogP contribution < -0.4 is 11.2 Å². The molecule has 0 radical (unpaired) electrons. The van der Waals surface area contributed by atoms with E-state index < -0.39 is 21.8 Å². The average Bonchev–Trinajstić information content (AvgIpc) is 3.40. The van der Waals surface area contributed by atoms with E-state index in [-0.39, 0.29) is 19.0 Å². The second-order valence-electron chi connectivity index (χ2n) is 11.4. The van der Waals surface area contributed by atoms with Crippen LogP contribution in [-0.4, -0.2) is 58.2 Å². The van der Waals surface area contributed by atoms with Crippen molar-refractivity contribution >= 4 is 27.3 Å². The van der Waals surface area contributed by atoms with Gasteiger partial charge in [0.1, 0.15) is 19.3 Å².